The van der Waals surface area contributed by atoms with E-state index in [9.17, 15) is 18.4 Å². The van der Waals surface area contributed by atoms with Gasteiger partial charge < -0.3 is 19.9 Å². The van der Waals surface area contributed by atoms with E-state index in [1.807, 2.05) is 0 Å². The van der Waals surface area contributed by atoms with Crippen LogP contribution in [0.5, 0.6) is 0 Å². The number of hydrogen-bond donors (Lipinski definition) is 2. The predicted molar refractivity (Wildman–Crippen MR) is 64.8 cm³/mol. The molecule has 1 aliphatic heterocycles. The summed E-state index contributed by atoms with van der Waals surface area (Å²) < 4.78 is 37.6. The number of amides is 1. The van der Waals surface area contributed by atoms with Crippen molar-refractivity contribution < 1.29 is 33.0 Å². The number of carboxylic acids is 1. The van der Waals surface area contributed by atoms with Crippen molar-refractivity contribution in [3.8, 4) is 0 Å². The minimum Gasteiger partial charge on any atom is -0.481 e. The van der Waals surface area contributed by atoms with Crippen LogP contribution in [-0.4, -0.2) is 55.4 Å². The fourth-order valence-corrected chi connectivity index (χ4v) is 3.43. The summed E-state index contributed by atoms with van der Waals surface area (Å²) in [5, 5.41) is 11.4. The Morgan fingerprint density at radius 3 is 2.52 bits per heavy atom. The lowest BCUT2D eigenvalue weighted by molar-refractivity contribution is -0.142. The molecule has 0 aromatic heterocycles. The number of carboxylic acid groups (broad SMARTS) is 1. The molecular formula is C13H17F2NO5. The van der Waals surface area contributed by atoms with Crippen LogP contribution >= 0.6 is 0 Å². The van der Waals surface area contributed by atoms with E-state index in [-0.39, 0.29) is 31.4 Å². The molecule has 2 aliphatic carbocycles. The van der Waals surface area contributed by atoms with E-state index >= 15 is 0 Å². The van der Waals surface area contributed by atoms with Gasteiger partial charge in [-0.2, -0.15) is 0 Å². The maximum absolute atomic E-state index is 13.5. The molecule has 0 aromatic rings. The molecule has 3 aliphatic rings. The van der Waals surface area contributed by atoms with Crippen LogP contribution in [0.4, 0.5) is 8.78 Å². The van der Waals surface area contributed by atoms with Crippen molar-refractivity contribution in [3.63, 3.8) is 0 Å². The highest BCUT2D eigenvalue weighted by Gasteiger charge is 2.87. The van der Waals surface area contributed by atoms with Gasteiger partial charge in [0.05, 0.1) is 31.3 Å². The molecule has 1 amide bonds. The largest absolute Gasteiger partial charge is 0.481 e. The Balaban J connectivity index is 1.46. The van der Waals surface area contributed by atoms with Crippen molar-refractivity contribution in [1.29, 1.82) is 0 Å². The minimum absolute atomic E-state index is 0.0647. The van der Waals surface area contributed by atoms with E-state index in [1.54, 1.807) is 0 Å². The monoisotopic (exact) mass is 305 g/mol. The number of ether oxygens (including phenoxy) is 2. The molecule has 0 radical (unpaired) electrons. The van der Waals surface area contributed by atoms with Gasteiger partial charge in [0.25, 0.3) is 5.92 Å². The molecule has 8 heteroatoms. The van der Waals surface area contributed by atoms with E-state index in [0.717, 1.165) is 0 Å². The van der Waals surface area contributed by atoms with E-state index in [0.29, 0.717) is 19.8 Å². The molecule has 2 N–H and O–H groups in total. The van der Waals surface area contributed by atoms with Crippen LogP contribution in [0.1, 0.15) is 12.8 Å². The number of carbonyl (C=O) groups excluding carboxylic acids is 1. The van der Waals surface area contributed by atoms with Gasteiger partial charge in [-0.25, -0.2) is 8.78 Å². The SMILES string of the molecule is O=C(NCC1COCCO1)C1CC2(C1)C(C(=O)O)C2(F)F. The van der Waals surface area contributed by atoms with Gasteiger partial charge in [-0.3, -0.25) is 9.59 Å². The van der Waals surface area contributed by atoms with Gasteiger partial charge in [0.1, 0.15) is 5.92 Å². The van der Waals surface area contributed by atoms with E-state index in [4.69, 9.17) is 14.6 Å². The Kier molecular flexibility index (Phi) is 3.40. The van der Waals surface area contributed by atoms with Crippen LogP contribution in [0.25, 0.3) is 0 Å². The number of aliphatic carboxylic acids is 1. The highest BCUT2D eigenvalue weighted by atomic mass is 19.3. The Hall–Kier alpha value is -1.28. The number of halogens is 2. The zero-order valence-electron chi connectivity index (χ0n) is 11.3. The molecule has 3 rings (SSSR count). The van der Waals surface area contributed by atoms with Gasteiger partial charge in [-0.1, -0.05) is 0 Å². The first-order chi connectivity index (χ1) is 9.88. The molecule has 21 heavy (non-hydrogen) atoms. The number of nitrogens with one attached hydrogen (secondary N) is 1. The van der Waals surface area contributed by atoms with Crippen LogP contribution in [-0.2, 0) is 19.1 Å². The van der Waals surface area contributed by atoms with Gasteiger partial charge in [-0.15, -0.1) is 0 Å². The lowest BCUT2D eigenvalue weighted by Crippen LogP contribution is -2.46. The number of carbonyl (C=O) groups is 2. The van der Waals surface area contributed by atoms with Crippen LogP contribution < -0.4 is 5.32 Å². The van der Waals surface area contributed by atoms with Crippen molar-refractivity contribution in [2.75, 3.05) is 26.4 Å². The third kappa shape index (κ3) is 2.20. The Morgan fingerprint density at radius 1 is 1.29 bits per heavy atom. The summed E-state index contributed by atoms with van der Waals surface area (Å²) in [6, 6.07) is 0. The van der Waals surface area contributed by atoms with Gasteiger partial charge in [0.2, 0.25) is 5.91 Å². The smallest absolute Gasteiger partial charge is 0.313 e. The lowest BCUT2D eigenvalue weighted by atomic mass is 9.69. The van der Waals surface area contributed by atoms with E-state index in [1.165, 1.54) is 0 Å². The first-order valence-corrected chi connectivity index (χ1v) is 6.96. The fourth-order valence-electron chi connectivity index (χ4n) is 3.43. The average molecular weight is 305 g/mol. The lowest BCUT2D eigenvalue weighted by Gasteiger charge is -2.35. The maximum atomic E-state index is 13.5. The molecule has 1 saturated heterocycles. The highest BCUT2D eigenvalue weighted by molar-refractivity contribution is 5.83. The molecule has 2 saturated carbocycles. The van der Waals surface area contributed by atoms with Crippen LogP contribution in [0.15, 0.2) is 0 Å². The Morgan fingerprint density at radius 2 is 2.00 bits per heavy atom. The quantitative estimate of drug-likeness (QED) is 0.778. The fraction of sp³-hybridized carbons (Fsp3) is 0.846. The molecule has 2 unspecified atom stereocenters. The molecule has 1 spiro atoms. The third-order valence-electron chi connectivity index (χ3n) is 4.72. The molecule has 0 bridgehead atoms. The summed E-state index contributed by atoms with van der Waals surface area (Å²) in [4.78, 5) is 22.7. The molecule has 118 valence electrons. The highest BCUT2D eigenvalue weighted by Crippen LogP contribution is 2.76. The molecule has 2 atom stereocenters. The number of alkyl halides is 2. The van der Waals surface area contributed by atoms with E-state index < -0.39 is 29.1 Å². The summed E-state index contributed by atoms with van der Waals surface area (Å²) in [5.41, 5.74) is -1.49. The van der Waals surface area contributed by atoms with Crippen molar-refractivity contribution in [1.82, 2.24) is 5.32 Å². The zero-order valence-corrected chi connectivity index (χ0v) is 11.3. The molecule has 0 aromatic carbocycles. The Labute approximate surface area is 119 Å². The summed E-state index contributed by atoms with van der Waals surface area (Å²) in [6.07, 6.45) is -0.346. The molecule has 1 heterocycles. The first-order valence-electron chi connectivity index (χ1n) is 6.96. The Bertz CT molecular complexity index is 457. The van der Waals surface area contributed by atoms with Crippen molar-refractivity contribution in [2.24, 2.45) is 17.3 Å². The standard InChI is InChI=1S/C13H17F2NO5/c14-13(15)9(11(18)19)12(13)3-7(4-12)10(17)16-5-8-6-20-1-2-21-8/h7-9H,1-6H2,(H,16,17)(H,18,19). The van der Waals surface area contributed by atoms with Crippen LogP contribution in [0.3, 0.4) is 0 Å². The second-order valence-electron chi connectivity index (χ2n) is 5.97. The topological polar surface area (TPSA) is 84.9 Å². The predicted octanol–water partition coefficient (Wildman–Crippen LogP) is 0.264. The minimum atomic E-state index is -3.18. The number of rotatable bonds is 4. The molecule has 6 nitrogen and oxygen atoms in total. The van der Waals surface area contributed by atoms with Gasteiger partial charge in [0, 0.05) is 12.5 Å². The maximum Gasteiger partial charge on any atom is 0.313 e. The summed E-state index contributed by atoms with van der Waals surface area (Å²) in [6.45, 7) is 1.68. The zero-order chi connectivity index (χ0) is 15.3. The second-order valence-corrected chi connectivity index (χ2v) is 5.97. The summed E-state index contributed by atoms with van der Waals surface area (Å²) in [5.74, 6) is -7.15. The van der Waals surface area contributed by atoms with Crippen LogP contribution in [0.2, 0.25) is 0 Å². The van der Waals surface area contributed by atoms with Crippen molar-refractivity contribution in [3.05, 3.63) is 0 Å². The first kappa shape index (κ1) is 14.6. The van der Waals surface area contributed by atoms with Gasteiger partial charge in [-0.05, 0) is 12.8 Å². The third-order valence-corrected chi connectivity index (χ3v) is 4.72. The molecule has 3 fully saturated rings. The summed E-state index contributed by atoms with van der Waals surface area (Å²) >= 11 is 0. The van der Waals surface area contributed by atoms with Crippen LogP contribution in [0, 0.1) is 17.3 Å². The number of hydrogen-bond acceptors (Lipinski definition) is 4. The van der Waals surface area contributed by atoms with E-state index in [2.05, 4.69) is 5.32 Å². The van der Waals surface area contributed by atoms with Gasteiger partial charge in [0.15, 0.2) is 0 Å². The van der Waals surface area contributed by atoms with Gasteiger partial charge >= 0.3 is 5.97 Å². The normalized spacial score (nSPS) is 40.4. The summed E-state index contributed by atoms with van der Waals surface area (Å²) in [7, 11) is 0. The van der Waals surface area contributed by atoms with Crippen molar-refractivity contribution in [2.45, 2.75) is 24.9 Å². The molecular weight excluding hydrogens is 288 g/mol. The average Bonchev–Trinajstić information content (AvgIpc) is 2.93. The second kappa shape index (κ2) is 4.88. The van der Waals surface area contributed by atoms with Crippen molar-refractivity contribution >= 4 is 11.9 Å².